The normalized spacial score (nSPS) is 14.1. The van der Waals surface area contributed by atoms with Crippen molar-refractivity contribution < 1.29 is 4.39 Å². The first kappa shape index (κ1) is 14.7. The third kappa shape index (κ3) is 3.45. The first-order valence-electron chi connectivity index (χ1n) is 7.06. The van der Waals surface area contributed by atoms with E-state index in [-0.39, 0.29) is 17.9 Å². The van der Waals surface area contributed by atoms with E-state index in [0.29, 0.717) is 0 Å². The molecular formula is C18H22FN. The molecule has 0 spiro atoms. The van der Waals surface area contributed by atoms with Gasteiger partial charge in [0, 0.05) is 12.1 Å². The summed E-state index contributed by atoms with van der Waals surface area (Å²) in [5, 5.41) is 3.52. The molecule has 0 aliphatic carbocycles. The van der Waals surface area contributed by atoms with E-state index in [1.165, 1.54) is 22.8 Å². The Hall–Kier alpha value is -1.67. The van der Waals surface area contributed by atoms with Crippen molar-refractivity contribution in [1.29, 1.82) is 0 Å². The van der Waals surface area contributed by atoms with Crippen molar-refractivity contribution in [2.75, 3.05) is 0 Å². The van der Waals surface area contributed by atoms with Gasteiger partial charge in [0.25, 0.3) is 0 Å². The minimum Gasteiger partial charge on any atom is -0.304 e. The van der Waals surface area contributed by atoms with Gasteiger partial charge in [-0.3, -0.25) is 0 Å². The lowest BCUT2D eigenvalue weighted by Gasteiger charge is -2.21. The fourth-order valence-electron chi connectivity index (χ4n) is 2.38. The average molecular weight is 271 g/mol. The third-order valence-corrected chi connectivity index (χ3v) is 3.88. The van der Waals surface area contributed by atoms with E-state index in [1.54, 1.807) is 12.1 Å². The highest BCUT2D eigenvalue weighted by molar-refractivity contribution is 5.31. The second-order valence-electron chi connectivity index (χ2n) is 5.51. The summed E-state index contributed by atoms with van der Waals surface area (Å²) in [5.41, 5.74) is 4.84. The molecule has 106 valence electrons. The van der Waals surface area contributed by atoms with Crippen molar-refractivity contribution in [3.05, 3.63) is 70.5 Å². The molecule has 2 aromatic carbocycles. The maximum absolute atomic E-state index is 13.3. The lowest BCUT2D eigenvalue weighted by Crippen LogP contribution is -2.22. The van der Waals surface area contributed by atoms with Gasteiger partial charge in [-0.15, -0.1) is 0 Å². The first-order chi connectivity index (χ1) is 9.47. The predicted molar refractivity (Wildman–Crippen MR) is 82.3 cm³/mol. The van der Waals surface area contributed by atoms with E-state index in [4.69, 9.17) is 0 Å². The Balaban J connectivity index is 2.10. The largest absolute Gasteiger partial charge is 0.304 e. The number of halogens is 1. The van der Waals surface area contributed by atoms with Crippen molar-refractivity contribution in [2.45, 2.75) is 39.8 Å². The highest BCUT2D eigenvalue weighted by Crippen LogP contribution is 2.21. The zero-order chi connectivity index (χ0) is 14.7. The summed E-state index contributed by atoms with van der Waals surface area (Å²) in [6, 6.07) is 13.6. The summed E-state index contributed by atoms with van der Waals surface area (Å²) in [7, 11) is 0. The molecule has 2 atom stereocenters. The van der Waals surface area contributed by atoms with Crippen molar-refractivity contribution >= 4 is 0 Å². The van der Waals surface area contributed by atoms with Crippen LogP contribution >= 0.6 is 0 Å². The molecule has 2 rings (SSSR count). The summed E-state index contributed by atoms with van der Waals surface area (Å²) >= 11 is 0. The highest BCUT2D eigenvalue weighted by atomic mass is 19.1. The molecule has 0 aliphatic rings. The van der Waals surface area contributed by atoms with Crippen LogP contribution < -0.4 is 5.32 Å². The predicted octanol–water partition coefficient (Wildman–Crippen LogP) is 4.85. The second kappa shape index (κ2) is 6.19. The molecule has 0 saturated carbocycles. The van der Waals surface area contributed by atoms with E-state index in [0.717, 1.165) is 5.56 Å². The fourth-order valence-corrected chi connectivity index (χ4v) is 2.38. The molecule has 0 aliphatic heterocycles. The molecule has 0 aromatic heterocycles. The van der Waals surface area contributed by atoms with E-state index in [2.05, 4.69) is 51.2 Å². The van der Waals surface area contributed by atoms with Crippen molar-refractivity contribution in [3.63, 3.8) is 0 Å². The Labute approximate surface area is 120 Å². The van der Waals surface area contributed by atoms with Crippen LogP contribution in [-0.2, 0) is 0 Å². The number of aryl methyl sites for hydroxylation is 2. The van der Waals surface area contributed by atoms with E-state index < -0.39 is 0 Å². The van der Waals surface area contributed by atoms with Gasteiger partial charge in [-0.25, -0.2) is 4.39 Å². The van der Waals surface area contributed by atoms with E-state index >= 15 is 0 Å². The minimum absolute atomic E-state index is 0.113. The molecule has 2 heteroatoms. The zero-order valence-electron chi connectivity index (χ0n) is 12.6. The van der Waals surface area contributed by atoms with Gasteiger partial charge >= 0.3 is 0 Å². The zero-order valence-corrected chi connectivity index (χ0v) is 12.6. The fraction of sp³-hybridized carbons (Fsp3) is 0.333. The van der Waals surface area contributed by atoms with E-state index in [1.807, 2.05) is 6.07 Å². The molecule has 0 fully saturated rings. The quantitative estimate of drug-likeness (QED) is 0.837. The Morgan fingerprint density at radius 2 is 1.50 bits per heavy atom. The maximum atomic E-state index is 13.3. The van der Waals surface area contributed by atoms with Gasteiger partial charge in [-0.1, -0.05) is 30.3 Å². The van der Waals surface area contributed by atoms with Gasteiger partial charge in [0.05, 0.1) is 0 Å². The van der Waals surface area contributed by atoms with Crippen LogP contribution in [-0.4, -0.2) is 0 Å². The molecule has 0 saturated heterocycles. The monoisotopic (exact) mass is 271 g/mol. The molecule has 0 bridgehead atoms. The molecule has 0 radical (unpaired) electrons. The van der Waals surface area contributed by atoms with Crippen LogP contribution in [0.4, 0.5) is 4.39 Å². The van der Waals surface area contributed by atoms with Crippen LogP contribution in [0.1, 0.15) is 48.2 Å². The summed E-state index contributed by atoms with van der Waals surface area (Å²) in [5.74, 6) is -0.185. The summed E-state index contributed by atoms with van der Waals surface area (Å²) in [4.78, 5) is 0. The van der Waals surface area contributed by atoms with Gasteiger partial charge in [-0.2, -0.15) is 0 Å². The number of hydrogen-bond donors (Lipinski definition) is 1. The van der Waals surface area contributed by atoms with Gasteiger partial charge in [0.1, 0.15) is 5.82 Å². The van der Waals surface area contributed by atoms with Gasteiger partial charge < -0.3 is 5.32 Å². The minimum atomic E-state index is -0.185. The topological polar surface area (TPSA) is 12.0 Å². The molecule has 1 N–H and O–H groups in total. The number of benzene rings is 2. The van der Waals surface area contributed by atoms with Crippen molar-refractivity contribution in [2.24, 2.45) is 0 Å². The van der Waals surface area contributed by atoms with Gasteiger partial charge in [0.2, 0.25) is 0 Å². The summed E-state index contributed by atoms with van der Waals surface area (Å²) < 4.78 is 13.3. The third-order valence-electron chi connectivity index (χ3n) is 3.88. The summed E-state index contributed by atoms with van der Waals surface area (Å²) in [6.07, 6.45) is 0. The number of nitrogens with one attached hydrogen (secondary N) is 1. The SMILES string of the molecule is Cc1ccc(C(C)N[C@H](C)c2cccc(F)c2)cc1C. The van der Waals surface area contributed by atoms with Gasteiger partial charge in [-0.05, 0) is 62.1 Å². The molecular weight excluding hydrogens is 249 g/mol. The molecule has 1 unspecified atom stereocenters. The standard InChI is InChI=1S/C18H22FN/c1-12-8-9-17(10-13(12)2)15(4)20-14(3)16-6-5-7-18(19)11-16/h5-11,14-15,20H,1-4H3/t14-,15?/m1/s1. The Kier molecular flexibility index (Phi) is 4.56. The van der Waals surface area contributed by atoms with Crippen molar-refractivity contribution in [3.8, 4) is 0 Å². The Morgan fingerprint density at radius 3 is 2.10 bits per heavy atom. The van der Waals surface area contributed by atoms with Crippen molar-refractivity contribution in [1.82, 2.24) is 5.32 Å². The lowest BCUT2D eigenvalue weighted by atomic mass is 10.0. The summed E-state index contributed by atoms with van der Waals surface area (Å²) in [6.45, 7) is 8.44. The van der Waals surface area contributed by atoms with E-state index in [9.17, 15) is 4.39 Å². The van der Waals surface area contributed by atoms with Crippen LogP contribution in [0.15, 0.2) is 42.5 Å². The molecule has 0 amide bonds. The van der Waals surface area contributed by atoms with Gasteiger partial charge in [0.15, 0.2) is 0 Å². The Morgan fingerprint density at radius 1 is 0.850 bits per heavy atom. The number of hydrogen-bond acceptors (Lipinski definition) is 1. The maximum Gasteiger partial charge on any atom is 0.123 e. The van der Waals surface area contributed by atoms with Crippen LogP contribution in [0.25, 0.3) is 0 Å². The van der Waals surface area contributed by atoms with Crippen LogP contribution in [0.2, 0.25) is 0 Å². The smallest absolute Gasteiger partial charge is 0.123 e. The highest BCUT2D eigenvalue weighted by Gasteiger charge is 2.12. The molecule has 20 heavy (non-hydrogen) atoms. The lowest BCUT2D eigenvalue weighted by molar-refractivity contribution is 0.491. The molecule has 2 aromatic rings. The Bertz CT molecular complexity index is 592. The van der Waals surface area contributed by atoms with Crippen LogP contribution in [0, 0.1) is 19.7 Å². The second-order valence-corrected chi connectivity index (χ2v) is 5.51. The van der Waals surface area contributed by atoms with Crippen LogP contribution in [0.3, 0.4) is 0 Å². The average Bonchev–Trinajstić information content (AvgIpc) is 2.41. The number of rotatable bonds is 4. The molecule has 1 nitrogen and oxygen atoms in total. The molecule has 0 heterocycles. The van der Waals surface area contributed by atoms with Crippen LogP contribution in [0.5, 0.6) is 0 Å². The first-order valence-corrected chi connectivity index (χ1v) is 7.06.